The van der Waals surface area contributed by atoms with Crippen LogP contribution >= 0.6 is 0 Å². The zero-order chi connectivity index (χ0) is 37.1. The van der Waals surface area contributed by atoms with Crippen LogP contribution in [0.25, 0.3) is 0 Å². The standard InChI is InChI=1S/3C15H14N2O.Sb/c3*18-15-9-5-4-8-12(15)14-10-13(16-17-14)11-6-2-1-3-7-11;/h3*1-9,13,16,18H,10H2;/q;;;+3/p-3. The molecular formula is C45H39N6O3Sb. The third kappa shape index (κ3) is 9.74. The van der Waals surface area contributed by atoms with Crippen LogP contribution in [0.4, 0.5) is 0 Å². The Morgan fingerprint density at radius 3 is 0.836 bits per heavy atom. The first-order valence-corrected chi connectivity index (χ1v) is 17.9. The van der Waals surface area contributed by atoms with Crippen LogP contribution in [0.15, 0.2) is 179 Å². The van der Waals surface area contributed by atoms with Gasteiger partial charge in [-0.25, -0.2) is 0 Å². The molecule has 0 bridgehead atoms. The van der Waals surface area contributed by atoms with Gasteiger partial charge in [0.15, 0.2) is 0 Å². The van der Waals surface area contributed by atoms with Crippen LogP contribution in [0, 0.1) is 0 Å². The third-order valence-electron chi connectivity index (χ3n) is 9.46. The summed E-state index contributed by atoms with van der Waals surface area (Å²) in [5.74, 6) is 0.102. The van der Waals surface area contributed by atoms with E-state index in [2.05, 4.69) is 68.0 Å². The molecule has 3 aliphatic rings. The van der Waals surface area contributed by atoms with Crippen molar-refractivity contribution in [2.24, 2.45) is 15.3 Å². The largest absolute Gasteiger partial charge is 3.00 e. The van der Waals surface area contributed by atoms with Crippen molar-refractivity contribution < 1.29 is 15.3 Å². The van der Waals surface area contributed by atoms with E-state index in [1.807, 2.05) is 91.0 Å². The zero-order valence-electron chi connectivity index (χ0n) is 30.0. The molecule has 6 aromatic carbocycles. The van der Waals surface area contributed by atoms with Gasteiger partial charge in [0.05, 0.1) is 35.3 Å². The van der Waals surface area contributed by atoms with E-state index in [1.165, 1.54) is 16.7 Å². The second kappa shape index (κ2) is 18.8. The van der Waals surface area contributed by atoms with Gasteiger partial charge >= 0.3 is 24.4 Å². The minimum Gasteiger partial charge on any atom is -0.872 e. The number of rotatable bonds is 6. The first kappa shape index (κ1) is 38.7. The van der Waals surface area contributed by atoms with E-state index < -0.39 is 0 Å². The predicted molar refractivity (Wildman–Crippen MR) is 214 cm³/mol. The number of nitrogens with one attached hydrogen (secondary N) is 3. The Morgan fingerprint density at radius 1 is 0.345 bits per heavy atom. The second-order valence-electron chi connectivity index (χ2n) is 13.1. The maximum absolute atomic E-state index is 11.7. The molecule has 3 aliphatic heterocycles. The SMILES string of the molecule is [O-]c1ccccc1C1=NNC(c2ccccc2)C1.[O-]c1ccccc1C1=NNC(c2ccccc2)C1.[O-]c1ccccc1C1=NNC(c2ccccc2)C1.[Sb+3]. The first-order valence-electron chi connectivity index (χ1n) is 17.9. The van der Waals surface area contributed by atoms with Gasteiger partial charge in [0.2, 0.25) is 0 Å². The summed E-state index contributed by atoms with van der Waals surface area (Å²) in [4.78, 5) is 0. The number of hydrogen-bond donors (Lipinski definition) is 3. The molecule has 9 nitrogen and oxygen atoms in total. The summed E-state index contributed by atoms with van der Waals surface area (Å²) in [7, 11) is 0. The molecular weight excluding hydrogens is 794 g/mol. The smallest absolute Gasteiger partial charge is 0.872 e. The average molecular weight is 834 g/mol. The van der Waals surface area contributed by atoms with Crippen molar-refractivity contribution in [1.29, 1.82) is 0 Å². The maximum Gasteiger partial charge on any atom is 3.00 e. The molecule has 0 saturated heterocycles. The van der Waals surface area contributed by atoms with Crippen LogP contribution < -0.4 is 31.6 Å². The molecule has 0 aromatic heterocycles. The van der Waals surface area contributed by atoms with Crippen molar-refractivity contribution in [3.63, 3.8) is 0 Å². The van der Waals surface area contributed by atoms with Gasteiger partial charge in [-0.1, -0.05) is 181 Å². The van der Waals surface area contributed by atoms with Crippen LogP contribution in [0.3, 0.4) is 0 Å². The molecule has 0 saturated carbocycles. The maximum atomic E-state index is 11.7. The van der Waals surface area contributed by atoms with Gasteiger partial charge in [0, 0.05) is 19.3 Å². The molecule has 10 heteroatoms. The Balaban J connectivity index is 0.000000139. The van der Waals surface area contributed by atoms with Crippen molar-refractivity contribution in [2.75, 3.05) is 0 Å². The van der Waals surface area contributed by atoms with E-state index in [0.717, 1.165) is 36.4 Å². The van der Waals surface area contributed by atoms with Gasteiger partial charge in [-0.05, 0) is 33.4 Å². The topological polar surface area (TPSA) is 142 Å². The Bertz CT molecular complexity index is 2000. The van der Waals surface area contributed by atoms with Crippen LogP contribution in [0.1, 0.15) is 70.8 Å². The van der Waals surface area contributed by atoms with Gasteiger partial charge in [0.1, 0.15) is 0 Å². The van der Waals surface area contributed by atoms with Gasteiger partial charge in [-0.15, -0.1) is 0 Å². The fourth-order valence-corrected chi connectivity index (χ4v) is 6.58. The molecule has 3 heterocycles. The van der Waals surface area contributed by atoms with Crippen molar-refractivity contribution in [3.8, 4) is 17.2 Å². The molecule has 0 spiro atoms. The summed E-state index contributed by atoms with van der Waals surface area (Å²) >= 11 is 0. The molecule has 2 radical (unpaired) electrons. The second-order valence-corrected chi connectivity index (χ2v) is 13.1. The quantitative estimate of drug-likeness (QED) is 0.170. The summed E-state index contributed by atoms with van der Waals surface area (Å²) in [6, 6.07) is 52.0. The Kier molecular flexibility index (Phi) is 13.2. The summed E-state index contributed by atoms with van der Waals surface area (Å²) in [6.45, 7) is 0. The Hall–Kier alpha value is -6.05. The molecule has 3 unspecified atom stereocenters. The van der Waals surface area contributed by atoms with Crippen molar-refractivity contribution in [3.05, 3.63) is 197 Å². The van der Waals surface area contributed by atoms with Gasteiger partial charge < -0.3 is 31.6 Å². The van der Waals surface area contributed by atoms with Crippen molar-refractivity contribution in [2.45, 2.75) is 37.4 Å². The monoisotopic (exact) mass is 832 g/mol. The summed E-state index contributed by atoms with van der Waals surface area (Å²) in [6.07, 6.45) is 2.26. The molecule has 0 amide bonds. The number of para-hydroxylation sites is 3. The van der Waals surface area contributed by atoms with E-state index in [9.17, 15) is 15.3 Å². The van der Waals surface area contributed by atoms with E-state index in [-0.39, 0.29) is 59.8 Å². The fourth-order valence-electron chi connectivity index (χ4n) is 6.58. The molecule has 3 N–H and O–H groups in total. The molecule has 0 fully saturated rings. The number of hydrogen-bond acceptors (Lipinski definition) is 9. The first-order chi connectivity index (χ1) is 26.5. The molecule has 55 heavy (non-hydrogen) atoms. The van der Waals surface area contributed by atoms with Gasteiger partial charge in [-0.3, -0.25) is 0 Å². The minimum atomic E-state index is 0. The van der Waals surface area contributed by atoms with Crippen molar-refractivity contribution >= 4 is 41.6 Å². The third-order valence-corrected chi connectivity index (χ3v) is 9.46. The van der Waals surface area contributed by atoms with E-state index in [4.69, 9.17) is 0 Å². The Morgan fingerprint density at radius 2 is 0.582 bits per heavy atom. The average Bonchev–Trinajstić information content (AvgIpc) is 4.03. The molecule has 6 aromatic rings. The number of benzene rings is 6. The summed E-state index contributed by atoms with van der Waals surface area (Å²) in [5.41, 5.74) is 17.5. The normalized spacial score (nSPS) is 17.9. The van der Waals surface area contributed by atoms with E-state index in [1.54, 1.807) is 36.4 Å². The summed E-state index contributed by atoms with van der Waals surface area (Å²) in [5, 5.41) is 48.1. The molecule has 3 atom stereocenters. The summed E-state index contributed by atoms with van der Waals surface area (Å²) < 4.78 is 0. The fraction of sp³-hybridized carbons (Fsp3) is 0.133. The molecule has 0 aliphatic carbocycles. The number of nitrogens with zero attached hydrogens (tertiary/aromatic N) is 3. The Labute approximate surface area is 338 Å². The van der Waals surface area contributed by atoms with Crippen molar-refractivity contribution in [1.82, 2.24) is 16.3 Å². The zero-order valence-corrected chi connectivity index (χ0v) is 32.5. The molecule has 9 rings (SSSR count). The van der Waals surface area contributed by atoms with Gasteiger partial charge in [-0.2, -0.15) is 15.3 Å². The predicted octanol–water partition coefficient (Wildman–Crippen LogP) is 6.22. The van der Waals surface area contributed by atoms with Crippen LogP contribution in [0.5, 0.6) is 17.2 Å². The van der Waals surface area contributed by atoms with Crippen LogP contribution in [0.2, 0.25) is 0 Å². The van der Waals surface area contributed by atoms with E-state index in [0.29, 0.717) is 16.7 Å². The minimum absolute atomic E-state index is 0. The van der Waals surface area contributed by atoms with Crippen LogP contribution in [-0.4, -0.2) is 41.6 Å². The number of hydrazone groups is 3. The van der Waals surface area contributed by atoms with Crippen LogP contribution in [-0.2, 0) is 0 Å². The van der Waals surface area contributed by atoms with E-state index >= 15 is 0 Å². The van der Waals surface area contributed by atoms with Gasteiger partial charge in [0.25, 0.3) is 0 Å². The molecule has 272 valence electrons.